The van der Waals surface area contributed by atoms with E-state index in [1.54, 1.807) is 12.1 Å². The maximum absolute atomic E-state index is 13.1. The topological polar surface area (TPSA) is 47.6 Å². The molecule has 0 saturated carbocycles. The van der Waals surface area contributed by atoms with E-state index < -0.39 is 11.7 Å². The first-order valence-electron chi connectivity index (χ1n) is 6.29. The van der Waals surface area contributed by atoms with Gasteiger partial charge in [0.15, 0.2) is 11.5 Å². The molecule has 1 N–H and O–H groups in total. The summed E-state index contributed by atoms with van der Waals surface area (Å²) >= 11 is 6.10. The van der Waals surface area contributed by atoms with Crippen molar-refractivity contribution in [1.82, 2.24) is 0 Å². The van der Waals surface area contributed by atoms with Crippen molar-refractivity contribution in [2.75, 3.05) is 18.5 Å². The van der Waals surface area contributed by atoms with Crippen LogP contribution in [0.1, 0.15) is 10.4 Å². The average Bonchev–Trinajstić information content (AvgIpc) is 2.48. The molecular formula is C15H11ClFNO3. The molecule has 0 unspecified atom stereocenters. The Balaban J connectivity index is 1.86. The molecular weight excluding hydrogens is 297 g/mol. The molecule has 108 valence electrons. The highest BCUT2D eigenvalue weighted by molar-refractivity contribution is 6.34. The van der Waals surface area contributed by atoms with Crippen LogP contribution in [-0.2, 0) is 0 Å². The molecule has 0 radical (unpaired) electrons. The summed E-state index contributed by atoms with van der Waals surface area (Å²) in [6.07, 6.45) is 0. The van der Waals surface area contributed by atoms with Gasteiger partial charge in [-0.1, -0.05) is 17.7 Å². The molecule has 0 saturated heterocycles. The Morgan fingerprint density at radius 1 is 1.14 bits per heavy atom. The molecule has 1 aliphatic heterocycles. The van der Waals surface area contributed by atoms with E-state index in [1.165, 1.54) is 18.2 Å². The number of amides is 1. The molecule has 0 spiro atoms. The van der Waals surface area contributed by atoms with Gasteiger partial charge in [-0.05, 0) is 18.2 Å². The molecule has 6 heteroatoms. The second-order valence-electron chi connectivity index (χ2n) is 4.44. The Bertz CT molecular complexity index is 705. The number of carbonyl (C=O) groups excluding carboxylic acids is 1. The average molecular weight is 308 g/mol. The summed E-state index contributed by atoms with van der Waals surface area (Å²) in [6.45, 7) is 0.893. The summed E-state index contributed by atoms with van der Waals surface area (Å²) in [4.78, 5) is 12.1. The van der Waals surface area contributed by atoms with Crippen molar-refractivity contribution >= 4 is 23.2 Å². The SMILES string of the molecule is O=C(Nc1cc2c(cc1Cl)OCCO2)c1cccc(F)c1. The lowest BCUT2D eigenvalue weighted by atomic mass is 10.2. The molecule has 0 atom stereocenters. The van der Waals surface area contributed by atoms with Gasteiger partial charge in [-0.3, -0.25) is 4.79 Å². The third-order valence-electron chi connectivity index (χ3n) is 2.97. The molecule has 0 aliphatic carbocycles. The zero-order chi connectivity index (χ0) is 14.8. The third-order valence-corrected chi connectivity index (χ3v) is 3.28. The largest absolute Gasteiger partial charge is 0.486 e. The maximum Gasteiger partial charge on any atom is 0.255 e. The van der Waals surface area contributed by atoms with E-state index >= 15 is 0 Å². The first kappa shape index (κ1) is 13.7. The van der Waals surface area contributed by atoms with Gasteiger partial charge in [0.1, 0.15) is 19.0 Å². The monoisotopic (exact) mass is 307 g/mol. The molecule has 4 nitrogen and oxygen atoms in total. The predicted octanol–water partition coefficient (Wildman–Crippen LogP) is 3.50. The van der Waals surface area contributed by atoms with Gasteiger partial charge in [0.2, 0.25) is 0 Å². The Labute approximate surface area is 125 Å². The maximum atomic E-state index is 13.1. The van der Waals surface area contributed by atoms with Crippen LogP contribution in [-0.4, -0.2) is 19.1 Å². The highest BCUT2D eigenvalue weighted by atomic mass is 35.5. The van der Waals surface area contributed by atoms with E-state index in [2.05, 4.69) is 5.32 Å². The van der Waals surface area contributed by atoms with E-state index in [0.29, 0.717) is 35.4 Å². The van der Waals surface area contributed by atoms with Crippen molar-refractivity contribution in [3.05, 3.63) is 52.8 Å². The number of halogens is 2. The minimum absolute atomic E-state index is 0.209. The van der Waals surface area contributed by atoms with Gasteiger partial charge < -0.3 is 14.8 Å². The van der Waals surface area contributed by atoms with E-state index in [1.807, 2.05) is 0 Å². The highest BCUT2D eigenvalue weighted by Gasteiger charge is 2.17. The van der Waals surface area contributed by atoms with Gasteiger partial charge in [-0.15, -0.1) is 0 Å². The van der Waals surface area contributed by atoms with E-state index in [9.17, 15) is 9.18 Å². The summed E-state index contributed by atoms with van der Waals surface area (Å²) in [6, 6.07) is 8.58. The van der Waals surface area contributed by atoms with E-state index in [0.717, 1.165) is 6.07 Å². The number of carbonyl (C=O) groups is 1. The lowest BCUT2D eigenvalue weighted by molar-refractivity contribution is 0.102. The fourth-order valence-electron chi connectivity index (χ4n) is 1.98. The minimum Gasteiger partial charge on any atom is -0.486 e. The molecule has 0 bridgehead atoms. The van der Waals surface area contributed by atoms with Gasteiger partial charge in [-0.25, -0.2) is 4.39 Å². The number of ether oxygens (including phenoxy) is 2. The lowest BCUT2D eigenvalue weighted by Crippen LogP contribution is -2.17. The summed E-state index contributed by atoms with van der Waals surface area (Å²) in [5.41, 5.74) is 0.594. The quantitative estimate of drug-likeness (QED) is 0.923. The Kier molecular flexibility index (Phi) is 3.66. The Morgan fingerprint density at radius 2 is 1.86 bits per heavy atom. The Hall–Kier alpha value is -2.27. The first-order valence-corrected chi connectivity index (χ1v) is 6.67. The molecule has 1 aliphatic rings. The summed E-state index contributed by atoms with van der Waals surface area (Å²) in [5, 5.41) is 2.95. The van der Waals surface area contributed by atoms with Gasteiger partial charge in [-0.2, -0.15) is 0 Å². The summed E-state index contributed by atoms with van der Waals surface area (Å²) in [5.74, 6) is 0.124. The first-order chi connectivity index (χ1) is 10.1. The number of nitrogens with one attached hydrogen (secondary N) is 1. The second-order valence-corrected chi connectivity index (χ2v) is 4.85. The molecule has 2 aromatic rings. The molecule has 2 aromatic carbocycles. The number of fused-ring (bicyclic) bond motifs is 1. The number of benzene rings is 2. The van der Waals surface area contributed by atoms with Crippen molar-refractivity contribution in [2.45, 2.75) is 0 Å². The van der Waals surface area contributed by atoms with Crippen molar-refractivity contribution < 1.29 is 18.7 Å². The van der Waals surface area contributed by atoms with Crippen molar-refractivity contribution in [3.63, 3.8) is 0 Å². The van der Waals surface area contributed by atoms with Crippen LogP contribution in [0.3, 0.4) is 0 Å². The normalized spacial score (nSPS) is 12.9. The van der Waals surface area contributed by atoms with Crippen molar-refractivity contribution in [3.8, 4) is 11.5 Å². The zero-order valence-corrected chi connectivity index (χ0v) is 11.6. The molecule has 0 fully saturated rings. The Morgan fingerprint density at radius 3 is 2.57 bits per heavy atom. The van der Waals surface area contributed by atoms with E-state index in [4.69, 9.17) is 21.1 Å². The highest BCUT2D eigenvalue weighted by Crippen LogP contribution is 2.38. The van der Waals surface area contributed by atoms with Gasteiger partial charge in [0.05, 0.1) is 10.7 Å². The van der Waals surface area contributed by atoms with E-state index in [-0.39, 0.29) is 5.56 Å². The van der Waals surface area contributed by atoms with Crippen LogP contribution < -0.4 is 14.8 Å². The van der Waals surface area contributed by atoms with Crippen LogP contribution in [0.2, 0.25) is 5.02 Å². The summed E-state index contributed by atoms with van der Waals surface area (Å²) < 4.78 is 24.0. The fraction of sp³-hybridized carbons (Fsp3) is 0.133. The van der Waals surface area contributed by atoms with Gasteiger partial charge in [0, 0.05) is 17.7 Å². The van der Waals surface area contributed by atoms with Crippen LogP contribution in [0.25, 0.3) is 0 Å². The lowest BCUT2D eigenvalue weighted by Gasteiger charge is -2.20. The molecule has 0 aromatic heterocycles. The number of hydrogen-bond donors (Lipinski definition) is 1. The van der Waals surface area contributed by atoms with Crippen LogP contribution in [0.5, 0.6) is 11.5 Å². The number of hydrogen-bond acceptors (Lipinski definition) is 3. The molecule has 1 heterocycles. The van der Waals surface area contributed by atoms with Crippen LogP contribution in [0.4, 0.5) is 10.1 Å². The van der Waals surface area contributed by atoms with Crippen molar-refractivity contribution in [2.24, 2.45) is 0 Å². The zero-order valence-electron chi connectivity index (χ0n) is 10.9. The third kappa shape index (κ3) is 2.92. The number of anilines is 1. The predicted molar refractivity (Wildman–Crippen MR) is 76.8 cm³/mol. The van der Waals surface area contributed by atoms with Crippen LogP contribution in [0, 0.1) is 5.82 Å². The summed E-state index contributed by atoms with van der Waals surface area (Å²) in [7, 11) is 0. The smallest absolute Gasteiger partial charge is 0.255 e. The fourth-order valence-corrected chi connectivity index (χ4v) is 2.18. The van der Waals surface area contributed by atoms with Gasteiger partial charge in [0.25, 0.3) is 5.91 Å². The second kappa shape index (κ2) is 5.61. The minimum atomic E-state index is -0.476. The van der Waals surface area contributed by atoms with Gasteiger partial charge >= 0.3 is 0 Å². The molecule has 21 heavy (non-hydrogen) atoms. The van der Waals surface area contributed by atoms with Crippen LogP contribution >= 0.6 is 11.6 Å². The standard InChI is InChI=1S/C15H11ClFNO3/c16-11-7-13-14(21-5-4-20-13)8-12(11)18-15(19)9-2-1-3-10(17)6-9/h1-3,6-8H,4-5H2,(H,18,19). The van der Waals surface area contributed by atoms with Crippen LogP contribution in [0.15, 0.2) is 36.4 Å². The van der Waals surface area contributed by atoms with Crippen molar-refractivity contribution in [1.29, 1.82) is 0 Å². The molecule has 1 amide bonds. The number of rotatable bonds is 2. The molecule has 3 rings (SSSR count).